The lowest BCUT2D eigenvalue weighted by atomic mass is 9.82. The number of carbonyl (C=O) groups excluding carboxylic acids is 1. The second kappa shape index (κ2) is 9.69. The number of aryl methyl sites for hydroxylation is 1. The van der Waals surface area contributed by atoms with Crippen molar-refractivity contribution in [1.29, 1.82) is 0 Å². The SMILES string of the molecule is Cc1oc2ccc(OCc3cccnc3C(F)(F)F)cc2c1C(=O)NC1CN(C(=O)O)C(C(C)(C)C)C1(F)F. The highest BCUT2D eigenvalue weighted by atomic mass is 19.4. The number of benzene rings is 1. The van der Waals surface area contributed by atoms with Crippen molar-refractivity contribution in [3.05, 3.63) is 59.1 Å². The number of pyridine rings is 1. The summed E-state index contributed by atoms with van der Waals surface area (Å²) in [6.45, 7) is 4.83. The summed E-state index contributed by atoms with van der Waals surface area (Å²) in [6, 6.07) is 3.31. The summed E-state index contributed by atoms with van der Waals surface area (Å²) >= 11 is 0. The molecule has 0 bridgehead atoms. The minimum atomic E-state index is -4.68. The zero-order chi connectivity index (χ0) is 28.9. The second-order valence-corrected chi connectivity index (χ2v) is 10.4. The zero-order valence-corrected chi connectivity index (χ0v) is 21.4. The first-order chi connectivity index (χ1) is 18.0. The first-order valence-electron chi connectivity index (χ1n) is 11.9. The molecule has 0 spiro atoms. The fourth-order valence-corrected chi connectivity index (χ4v) is 4.97. The number of amides is 2. The van der Waals surface area contributed by atoms with Crippen LogP contribution in [0.2, 0.25) is 0 Å². The molecule has 3 heterocycles. The molecular weight excluding hydrogens is 529 g/mol. The quantitative estimate of drug-likeness (QED) is 0.382. The molecular formula is C26H26F5N3O5. The second-order valence-electron chi connectivity index (χ2n) is 10.4. The summed E-state index contributed by atoms with van der Waals surface area (Å²) in [7, 11) is 0. The van der Waals surface area contributed by atoms with Crippen molar-refractivity contribution in [2.45, 2.75) is 58.5 Å². The molecule has 39 heavy (non-hydrogen) atoms. The van der Waals surface area contributed by atoms with Gasteiger partial charge in [0.05, 0.1) is 12.1 Å². The number of likely N-dealkylation sites (tertiary alicyclic amines) is 1. The van der Waals surface area contributed by atoms with Crippen molar-refractivity contribution in [2.75, 3.05) is 6.54 Å². The van der Waals surface area contributed by atoms with Gasteiger partial charge < -0.3 is 19.6 Å². The van der Waals surface area contributed by atoms with Crippen LogP contribution in [0.15, 0.2) is 40.9 Å². The van der Waals surface area contributed by atoms with E-state index >= 15 is 8.78 Å². The van der Waals surface area contributed by atoms with E-state index in [4.69, 9.17) is 9.15 Å². The van der Waals surface area contributed by atoms with Crippen molar-refractivity contribution >= 4 is 23.0 Å². The topological polar surface area (TPSA) is 105 Å². The van der Waals surface area contributed by atoms with Crippen molar-refractivity contribution in [2.24, 2.45) is 5.41 Å². The number of rotatable bonds is 5. The van der Waals surface area contributed by atoms with Gasteiger partial charge in [0, 0.05) is 17.1 Å². The largest absolute Gasteiger partial charge is 0.489 e. The molecule has 8 nitrogen and oxygen atoms in total. The van der Waals surface area contributed by atoms with Crippen molar-refractivity contribution < 1.29 is 45.8 Å². The fraction of sp³-hybridized carbons (Fsp3) is 0.423. The average molecular weight is 556 g/mol. The van der Waals surface area contributed by atoms with E-state index in [0.717, 1.165) is 6.20 Å². The van der Waals surface area contributed by atoms with Crippen LogP contribution >= 0.6 is 0 Å². The molecule has 1 aliphatic rings. The molecule has 2 aromatic heterocycles. The van der Waals surface area contributed by atoms with E-state index in [1.165, 1.54) is 58.0 Å². The number of carboxylic acid groups (broad SMARTS) is 1. The molecule has 210 valence electrons. The normalized spacial score (nSPS) is 19.4. The van der Waals surface area contributed by atoms with Gasteiger partial charge in [-0.2, -0.15) is 13.2 Å². The first kappa shape index (κ1) is 28.1. The highest BCUT2D eigenvalue weighted by Crippen LogP contribution is 2.44. The smallest absolute Gasteiger partial charge is 0.433 e. The minimum Gasteiger partial charge on any atom is -0.489 e. The molecule has 13 heteroatoms. The maximum absolute atomic E-state index is 15.4. The van der Waals surface area contributed by atoms with Crippen LogP contribution in [0.25, 0.3) is 11.0 Å². The Hall–Kier alpha value is -3.90. The summed E-state index contributed by atoms with van der Waals surface area (Å²) < 4.78 is 81.6. The molecule has 2 unspecified atom stereocenters. The van der Waals surface area contributed by atoms with Crippen LogP contribution in [0.4, 0.5) is 26.7 Å². The molecule has 2 N–H and O–H groups in total. The van der Waals surface area contributed by atoms with Crippen LogP contribution < -0.4 is 10.1 Å². The van der Waals surface area contributed by atoms with Crippen LogP contribution in [-0.2, 0) is 12.8 Å². The zero-order valence-electron chi connectivity index (χ0n) is 21.4. The molecule has 2 amide bonds. The van der Waals surface area contributed by atoms with E-state index in [1.807, 2.05) is 0 Å². The Morgan fingerprint density at radius 1 is 1.23 bits per heavy atom. The van der Waals surface area contributed by atoms with Crippen molar-refractivity contribution in [3.63, 3.8) is 0 Å². The fourth-order valence-electron chi connectivity index (χ4n) is 4.97. The molecule has 2 atom stereocenters. The highest BCUT2D eigenvalue weighted by molar-refractivity contribution is 6.07. The Morgan fingerprint density at radius 2 is 1.92 bits per heavy atom. The minimum absolute atomic E-state index is 0.0790. The Morgan fingerprint density at radius 3 is 2.51 bits per heavy atom. The van der Waals surface area contributed by atoms with Gasteiger partial charge in [-0.1, -0.05) is 26.8 Å². The predicted molar refractivity (Wildman–Crippen MR) is 129 cm³/mol. The molecule has 4 rings (SSSR count). The average Bonchev–Trinajstić information content (AvgIpc) is 3.29. The Balaban J connectivity index is 1.60. The number of ether oxygens (including phenoxy) is 1. The Kier molecular flexibility index (Phi) is 6.98. The maximum atomic E-state index is 15.4. The van der Waals surface area contributed by atoms with Gasteiger partial charge in [-0.25, -0.2) is 13.6 Å². The van der Waals surface area contributed by atoms with Gasteiger partial charge >= 0.3 is 12.3 Å². The van der Waals surface area contributed by atoms with Crippen LogP contribution in [0.1, 0.15) is 48.1 Å². The molecule has 0 aliphatic carbocycles. The number of hydrogen-bond donors (Lipinski definition) is 2. The number of nitrogens with one attached hydrogen (secondary N) is 1. The Labute approximate surface area is 219 Å². The van der Waals surface area contributed by atoms with Gasteiger partial charge in [-0.3, -0.25) is 14.7 Å². The molecule has 1 saturated heterocycles. The van der Waals surface area contributed by atoms with Gasteiger partial charge in [-0.15, -0.1) is 0 Å². The summed E-state index contributed by atoms with van der Waals surface area (Å²) in [5.74, 6) is -4.28. The number of hydrogen-bond acceptors (Lipinski definition) is 5. The highest BCUT2D eigenvalue weighted by Gasteiger charge is 2.62. The molecule has 1 fully saturated rings. The van der Waals surface area contributed by atoms with Gasteiger partial charge in [0.15, 0.2) is 5.69 Å². The van der Waals surface area contributed by atoms with Gasteiger partial charge in [-0.05, 0) is 36.6 Å². The van der Waals surface area contributed by atoms with Gasteiger partial charge in [0.25, 0.3) is 11.8 Å². The lowest BCUT2D eigenvalue weighted by Gasteiger charge is -2.36. The lowest BCUT2D eigenvalue weighted by molar-refractivity contribution is -0.142. The summed E-state index contributed by atoms with van der Waals surface area (Å²) in [5, 5.41) is 12.0. The molecule has 0 saturated carbocycles. The molecule has 0 radical (unpaired) electrons. The van der Waals surface area contributed by atoms with Crippen LogP contribution in [0.5, 0.6) is 5.75 Å². The molecule has 1 aliphatic heterocycles. The van der Waals surface area contributed by atoms with Gasteiger partial charge in [0.1, 0.15) is 35.8 Å². The van der Waals surface area contributed by atoms with E-state index in [1.54, 1.807) is 0 Å². The van der Waals surface area contributed by atoms with Crippen LogP contribution in [-0.4, -0.2) is 51.5 Å². The summed E-state index contributed by atoms with van der Waals surface area (Å²) in [5.41, 5.74) is -2.27. The lowest BCUT2D eigenvalue weighted by Crippen LogP contribution is -2.54. The van der Waals surface area contributed by atoms with Crippen LogP contribution in [0.3, 0.4) is 0 Å². The number of halogens is 5. The number of furan rings is 1. The third-order valence-corrected chi connectivity index (χ3v) is 6.51. The number of nitrogens with zero attached hydrogens (tertiary/aromatic N) is 2. The standard InChI is InChI=1S/C26H26F5N3O5/c1-13-19(21(35)33-18-11-34(23(36)37)22(24(2,3)4)25(18,27)28)16-10-15(7-8-17(16)39-13)38-12-14-6-5-9-32-20(14)26(29,30)31/h5-10,18,22H,11-12H2,1-4H3,(H,33,35)(H,36,37). The third-order valence-electron chi connectivity index (χ3n) is 6.51. The molecule has 1 aromatic carbocycles. The van der Waals surface area contributed by atoms with Gasteiger partial charge in [0.2, 0.25) is 0 Å². The summed E-state index contributed by atoms with van der Waals surface area (Å²) in [6.07, 6.45) is -5.19. The van der Waals surface area contributed by atoms with E-state index in [9.17, 15) is 27.9 Å². The number of alkyl halides is 5. The number of carbonyl (C=O) groups is 2. The van der Waals surface area contributed by atoms with Crippen LogP contribution in [0, 0.1) is 12.3 Å². The first-order valence-corrected chi connectivity index (χ1v) is 11.9. The number of fused-ring (bicyclic) bond motifs is 1. The van der Waals surface area contributed by atoms with E-state index in [0.29, 0.717) is 4.90 Å². The maximum Gasteiger partial charge on any atom is 0.433 e. The van der Waals surface area contributed by atoms with E-state index < -0.39 is 60.4 Å². The van der Waals surface area contributed by atoms with E-state index in [2.05, 4.69) is 10.3 Å². The third kappa shape index (κ3) is 5.34. The Bertz CT molecular complexity index is 1410. The number of aromatic nitrogens is 1. The monoisotopic (exact) mass is 555 g/mol. The summed E-state index contributed by atoms with van der Waals surface area (Å²) in [4.78, 5) is 28.9. The predicted octanol–water partition coefficient (Wildman–Crippen LogP) is 5.88. The van der Waals surface area contributed by atoms with Crippen molar-refractivity contribution in [3.8, 4) is 5.75 Å². The van der Waals surface area contributed by atoms with Crippen molar-refractivity contribution in [1.82, 2.24) is 15.2 Å². The van der Waals surface area contributed by atoms with E-state index in [-0.39, 0.29) is 33.6 Å². The molecule has 3 aromatic rings.